The Hall–Kier alpha value is -2.19. The van der Waals surface area contributed by atoms with Crippen LogP contribution in [0.15, 0.2) is 35.4 Å². The van der Waals surface area contributed by atoms with Gasteiger partial charge in [-0.2, -0.15) is 11.8 Å². The minimum Gasteiger partial charge on any atom is -0.351 e. The maximum absolute atomic E-state index is 12.2. The molecule has 3 aromatic heterocycles. The van der Waals surface area contributed by atoms with Gasteiger partial charge in [-0.1, -0.05) is 13.8 Å². The van der Waals surface area contributed by atoms with Gasteiger partial charge in [-0.3, -0.25) is 14.6 Å². The van der Waals surface area contributed by atoms with Crippen molar-refractivity contribution >= 4 is 39.2 Å². The number of nitrogens with one attached hydrogen (secondary N) is 2. The third kappa shape index (κ3) is 4.50. The van der Waals surface area contributed by atoms with Crippen LogP contribution in [0.3, 0.4) is 0 Å². The molecule has 0 bridgehead atoms. The van der Waals surface area contributed by atoms with E-state index in [1.165, 1.54) is 4.88 Å². The highest BCUT2D eigenvalue weighted by molar-refractivity contribution is 7.98. The topological polar surface area (TPSA) is 87.7 Å². The summed E-state index contributed by atoms with van der Waals surface area (Å²) in [7, 11) is 0. The van der Waals surface area contributed by atoms with Crippen molar-refractivity contribution in [3.63, 3.8) is 0 Å². The molecule has 0 aliphatic rings. The summed E-state index contributed by atoms with van der Waals surface area (Å²) in [5.41, 5.74) is 0.514. The van der Waals surface area contributed by atoms with Crippen LogP contribution in [0.4, 0.5) is 0 Å². The van der Waals surface area contributed by atoms with E-state index in [4.69, 9.17) is 0 Å². The molecule has 0 spiro atoms. The molecular weight excluding hydrogens is 368 g/mol. The van der Waals surface area contributed by atoms with Gasteiger partial charge < -0.3 is 10.3 Å². The average Bonchev–Trinajstić information content (AvgIpc) is 3.07. The van der Waals surface area contributed by atoms with Crippen LogP contribution >= 0.6 is 23.1 Å². The van der Waals surface area contributed by atoms with Gasteiger partial charge in [0.25, 0.3) is 11.5 Å². The molecule has 0 saturated heterocycles. The van der Waals surface area contributed by atoms with Gasteiger partial charge in [0.2, 0.25) is 0 Å². The summed E-state index contributed by atoms with van der Waals surface area (Å²) in [6, 6.07) is 5.29. The van der Waals surface area contributed by atoms with Gasteiger partial charge in [0.05, 0.1) is 11.1 Å². The Morgan fingerprint density at radius 3 is 2.85 bits per heavy atom. The van der Waals surface area contributed by atoms with E-state index in [1.54, 1.807) is 47.6 Å². The van der Waals surface area contributed by atoms with Crippen LogP contribution < -0.4 is 10.9 Å². The number of thioether (sulfide) groups is 1. The van der Waals surface area contributed by atoms with Crippen molar-refractivity contribution in [1.82, 2.24) is 20.3 Å². The van der Waals surface area contributed by atoms with Crippen molar-refractivity contribution in [1.29, 1.82) is 0 Å². The fourth-order valence-electron chi connectivity index (χ4n) is 2.36. The van der Waals surface area contributed by atoms with E-state index >= 15 is 0 Å². The van der Waals surface area contributed by atoms with Crippen molar-refractivity contribution in [2.75, 3.05) is 12.3 Å². The second-order valence-electron chi connectivity index (χ2n) is 6.08. The van der Waals surface area contributed by atoms with Gasteiger partial charge in [0.1, 0.15) is 10.7 Å². The number of fused-ring (bicyclic) bond motifs is 1. The van der Waals surface area contributed by atoms with E-state index in [0.29, 0.717) is 35.0 Å². The largest absolute Gasteiger partial charge is 0.351 e. The van der Waals surface area contributed by atoms with Gasteiger partial charge in [-0.25, -0.2) is 4.98 Å². The normalized spacial score (nSPS) is 11.2. The molecule has 0 radical (unpaired) electrons. The zero-order valence-electron chi connectivity index (χ0n) is 14.6. The van der Waals surface area contributed by atoms with Crippen molar-refractivity contribution in [3.05, 3.63) is 57.2 Å². The summed E-state index contributed by atoms with van der Waals surface area (Å²) in [6.07, 6.45) is 3.19. The number of nitrogens with zero attached hydrogens (tertiary/aromatic N) is 2. The number of hydrogen-bond acceptors (Lipinski definition) is 6. The van der Waals surface area contributed by atoms with E-state index in [-0.39, 0.29) is 11.5 Å². The highest BCUT2D eigenvalue weighted by atomic mass is 32.2. The predicted octanol–water partition coefficient (Wildman–Crippen LogP) is 3.17. The lowest BCUT2D eigenvalue weighted by Crippen LogP contribution is -2.25. The first-order chi connectivity index (χ1) is 12.5. The van der Waals surface area contributed by atoms with Crippen LogP contribution in [0.25, 0.3) is 10.2 Å². The van der Waals surface area contributed by atoms with Gasteiger partial charge in [-0.05, 0) is 24.1 Å². The van der Waals surface area contributed by atoms with Crippen LogP contribution in [-0.2, 0) is 5.75 Å². The van der Waals surface area contributed by atoms with Gasteiger partial charge in [0, 0.05) is 35.1 Å². The molecule has 0 aliphatic carbocycles. The molecule has 3 heterocycles. The Bertz CT molecular complexity index is 951. The van der Waals surface area contributed by atoms with E-state index in [2.05, 4.69) is 34.1 Å². The number of carbonyl (C=O) groups excluding carboxylic acids is 1. The van der Waals surface area contributed by atoms with Crippen LogP contribution in [-0.4, -0.2) is 33.2 Å². The third-order valence-corrected chi connectivity index (χ3v) is 6.05. The first-order valence-corrected chi connectivity index (χ1v) is 10.3. The summed E-state index contributed by atoms with van der Waals surface area (Å²) >= 11 is 3.20. The Labute approximate surface area is 159 Å². The lowest BCUT2D eigenvalue weighted by atomic mass is 10.2. The number of amides is 1. The number of aromatic amines is 1. The average molecular weight is 389 g/mol. The number of aromatic nitrogens is 3. The monoisotopic (exact) mass is 388 g/mol. The third-order valence-electron chi connectivity index (χ3n) is 3.75. The molecule has 2 N–H and O–H groups in total. The second-order valence-corrected chi connectivity index (χ2v) is 8.25. The smallest absolute Gasteiger partial charge is 0.259 e. The Morgan fingerprint density at radius 1 is 1.35 bits per heavy atom. The highest BCUT2D eigenvalue weighted by Crippen LogP contribution is 2.27. The summed E-state index contributed by atoms with van der Waals surface area (Å²) < 4.78 is 0. The van der Waals surface area contributed by atoms with Crippen LogP contribution in [0.1, 0.15) is 40.8 Å². The van der Waals surface area contributed by atoms with Crippen molar-refractivity contribution in [2.45, 2.75) is 25.5 Å². The van der Waals surface area contributed by atoms with Crippen molar-refractivity contribution in [3.8, 4) is 0 Å². The highest BCUT2D eigenvalue weighted by Gasteiger charge is 2.11. The molecule has 26 heavy (non-hydrogen) atoms. The molecule has 0 aromatic carbocycles. The maximum atomic E-state index is 12.2. The predicted molar refractivity (Wildman–Crippen MR) is 107 cm³/mol. The first kappa shape index (κ1) is 18.6. The zero-order chi connectivity index (χ0) is 18.5. The summed E-state index contributed by atoms with van der Waals surface area (Å²) in [5.74, 6) is 2.28. The van der Waals surface area contributed by atoms with Gasteiger partial charge in [-0.15, -0.1) is 11.3 Å². The quantitative estimate of drug-likeness (QED) is 0.607. The number of H-pyrrole nitrogens is 1. The van der Waals surface area contributed by atoms with Gasteiger partial charge >= 0.3 is 0 Å². The summed E-state index contributed by atoms with van der Waals surface area (Å²) in [6.45, 7) is 4.76. The Morgan fingerprint density at radius 2 is 2.12 bits per heavy atom. The maximum Gasteiger partial charge on any atom is 0.259 e. The minimum absolute atomic E-state index is 0.0836. The number of thiophene rings is 1. The van der Waals surface area contributed by atoms with Crippen molar-refractivity contribution < 1.29 is 4.79 Å². The van der Waals surface area contributed by atoms with E-state index in [1.807, 2.05) is 6.07 Å². The van der Waals surface area contributed by atoms with Crippen LogP contribution in [0.5, 0.6) is 0 Å². The fraction of sp³-hybridized carbons (Fsp3) is 0.333. The molecule has 1 amide bonds. The number of rotatable bonds is 7. The lowest BCUT2D eigenvalue weighted by molar-refractivity contribution is 0.0956. The molecule has 3 rings (SSSR count). The Kier molecular flexibility index (Phi) is 6.05. The van der Waals surface area contributed by atoms with E-state index < -0.39 is 0 Å². The van der Waals surface area contributed by atoms with Crippen LogP contribution in [0, 0.1) is 0 Å². The number of carbonyl (C=O) groups is 1. The number of hydrogen-bond donors (Lipinski definition) is 2. The molecule has 0 unspecified atom stereocenters. The zero-order valence-corrected chi connectivity index (χ0v) is 16.2. The van der Waals surface area contributed by atoms with Crippen molar-refractivity contribution in [2.24, 2.45) is 0 Å². The summed E-state index contributed by atoms with van der Waals surface area (Å²) in [5, 5.41) is 3.53. The standard InChI is InChI=1S/C18H20N4O2S2/c1-11(2)14-9-13-17(24)21-15(22-18(13)26-14)10-25-8-7-20-16(23)12-3-5-19-6-4-12/h3-6,9,11H,7-8,10H2,1-2H3,(H,20,23)(H,21,22,24). The summed E-state index contributed by atoms with van der Waals surface area (Å²) in [4.78, 5) is 37.4. The fourth-order valence-corrected chi connectivity index (χ4v) is 4.13. The second kappa shape index (κ2) is 8.46. The molecule has 6 nitrogen and oxygen atoms in total. The number of pyridine rings is 1. The first-order valence-electron chi connectivity index (χ1n) is 8.33. The minimum atomic E-state index is -0.110. The van der Waals surface area contributed by atoms with E-state index in [0.717, 1.165) is 10.6 Å². The SMILES string of the molecule is CC(C)c1cc2c(=O)[nH]c(CSCCNC(=O)c3ccncc3)nc2s1. The molecule has 0 aliphatic heterocycles. The molecule has 136 valence electrons. The van der Waals surface area contributed by atoms with Gasteiger partial charge in [0.15, 0.2) is 0 Å². The molecule has 0 fully saturated rings. The lowest BCUT2D eigenvalue weighted by Gasteiger charge is -2.05. The Balaban J connectivity index is 1.52. The molecule has 3 aromatic rings. The molecular formula is C18H20N4O2S2. The molecule has 8 heteroatoms. The van der Waals surface area contributed by atoms with Crippen LogP contribution in [0.2, 0.25) is 0 Å². The van der Waals surface area contributed by atoms with E-state index in [9.17, 15) is 9.59 Å². The molecule has 0 saturated carbocycles. The molecule has 0 atom stereocenters.